The summed E-state index contributed by atoms with van der Waals surface area (Å²) in [5.41, 5.74) is 0.714. The van der Waals surface area contributed by atoms with E-state index in [1.807, 2.05) is 30.9 Å². The second-order valence-electron chi connectivity index (χ2n) is 4.72. The van der Waals surface area contributed by atoms with Crippen LogP contribution in [-0.2, 0) is 10.0 Å². The molecule has 1 aliphatic rings. The Morgan fingerprint density at radius 1 is 1.32 bits per heavy atom. The van der Waals surface area contributed by atoms with Crippen LogP contribution in [0.5, 0.6) is 0 Å². The van der Waals surface area contributed by atoms with Crippen LogP contribution in [0.4, 0.5) is 0 Å². The van der Waals surface area contributed by atoms with Crippen molar-refractivity contribution in [3.05, 3.63) is 29.8 Å². The largest absolute Gasteiger partial charge is 0.353 e. The summed E-state index contributed by atoms with van der Waals surface area (Å²) in [6.07, 6.45) is 0.944. The molecule has 6 heteroatoms. The van der Waals surface area contributed by atoms with Crippen LogP contribution < -0.4 is 0 Å². The molecule has 0 fully saturated rings. The van der Waals surface area contributed by atoms with Crippen molar-refractivity contribution in [1.29, 1.82) is 0 Å². The molecule has 0 aliphatic carbocycles. The fourth-order valence-corrected chi connectivity index (χ4v) is 3.60. The Balaban J connectivity index is 2.44. The molecule has 0 N–H and O–H groups in total. The SMILES string of the molecule is CC(C)N(CCCBr)C1=NS(=O)(=O)c2ccccc21. The predicted molar refractivity (Wildman–Crippen MR) is 80.4 cm³/mol. The number of alkyl halides is 1. The minimum absolute atomic E-state index is 0.208. The number of benzene rings is 1. The topological polar surface area (TPSA) is 49.7 Å². The van der Waals surface area contributed by atoms with Gasteiger partial charge in [-0.15, -0.1) is 4.40 Å². The third kappa shape index (κ3) is 2.84. The second-order valence-corrected chi connectivity index (χ2v) is 7.08. The molecule has 1 aromatic carbocycles. The van der Waals surface area contributed by atoms with Crippen molar-refractivity contribution in [2.24, 2.45) is 4.40 Å². The molecular formula is C13H17BrN2O2S. The van der Waals surface area contributed by atoms with E-state index in [1.54, 1.807) is 12.1 Å². The first-order chi connectivity index (χ1) is 8.97. The number of amidine groups is 1. The summed E-state index contributed by atoms with van der Waals surface area (Å²) >= 11 is 3.40. The maximum Gasteiger partial charge on any atom is 0.285 e. The standard InChI is InChI=1S/C13H17BrN2O2S/c1-10(2)16(9-5-8-14)13-11-6-3-4-7-12(11)19(17,18)15-13/h3-4,6-7,10H,5,8-9H2,1-2H3. The summed E-state index contributed by atoms with van der Waals surface area (Å²) in [6.45, 7) is 4.88. The molecule has 0 bridgehead atoms. The van der Waals surface area contributed by atoms with Gasteiger partial charge in [-0.3, -0.25) is 0 Å². The normalized spacial score (nSPS) is 16.3. The highest BCUT2D eigenvalue weighted by Gasteiger charge is 2.32. The van der Waals surface area contributed by atoms with Gasteiger partial charge in [-0.25, -0.2) is 0 Å². The van der Waals surface area contributed by atoms with Crippen molar-refractivity contribution >= 4 is 31.8 Å². The zero-order valence-electron chi connectivity index (χ0n) is 11.0. The second kappa shape index (κ2) is 5.63. The van der Waals surface area contributed by atoms with Crippen molar-refractivity contribution in [3.63, 3.8) is 0 Å². The predicted octanol–water partition coefficient (Wildman–Crippen LogP) is 2.63. The Bertz CT molecular complexity index is 596. The summed E-state index contributed by atoms with van der Waals surface area (Å²) in [6, 6.07) is 7.22. The zero-order chi connectivity index (χ0) is 14.0. The summed E-state index contributed by atoms with van der Waals surface area (Å²) in [4.78, 5) is 2.36. The van der Waals surface area contributed by atoms with E-state index >= 15 is 0 Å². The minimum Gasteiger partial charge on any atom is -0.353 e. The highest BCUT2D eigenvalue weighted by Crippen LogP contribution is 2.28. The van der Waals surface area contributed by atoms with Gasteiger partial charge in [-0.2, -0.15) is 8.42 Å². The molecule has 2 rings (SSSR count). The molecule has 0 spiro atoms. The Labute approximate surface area is 122 Å². The maximum absolute atomic E-state index is 12.0. The molecule has 0 radical (unpaired) electrons. The monoisotopic (exact) mass is 344 g/mol. The molecule has 0 saturated heterocycles. The van der Waals surface area contributed by atoms with Crippen LogP contribution in [0, 0.1) is 0 Å². The smallest absolute Gasteiger partial charge is 0.285 e. The number of nitrogens with zero attached hydrogens (tertiary/aromatic N) is 2. The first-order valence-electron chi connectivity index (χ1n) is 6.24. The molecule has 19 heavy (non-hydrogen) atoms. The van der Waals surface area contributed by atoms with Gasteiger partial charge >= 0.3 is 0 Å². The minimum atomic E-state index is -3.52. The first-order valence-corrected chi connectivity index (χ1v) is 8.80. The van der Waals surface area contributed by atoms with E-state index in [1.165, 1.54) is 0 Å². The maximum atomic E-state index is 12.0. The van der Waals surface area contributed by atoms with Crippen molar-refractivity contribution in [3.8, 4) is 0 Å². The molecule has 0 unspecified atom stereocenters. The van der Waals surface area contributed by atoms with E-state index in [2.05, 4.69) is 20.3 Å². The summed E-state index contributed by atoms with van der Waals surface area (Å²) in [7, 11) is -3.52. The van der Waals surface area contributed by atoms with E-state index < -0.39 is 10.0 Å². The van der Waals surface area contributed by atoms with Crippen molar-refractivity contribution in [2.45, 2.75) is 31.2 Å². The number of halogens is 1. The van der Waals surface area contributed by atoms with Gasteiger partial charge in [0.1, 0.15) is 4.90 Å². The molecule has 1 heterocycles. The fourth-order valence-electron chi connectivity index (χ4n) is 2.13. The van der Waals surface area contributed by atoms with Gasteiger partial charge in [0, 0.05) is 23.5 Å². The number of hydrogen-bond acceptors (Lipinski definition) is 3. The molecule has 0 amide bonds. The first kappa shape index (κ1) is 14.5. The number of sulfonamides is 1. The van der Waals surface area contributed by atoms with Crippen LogP contribution in [0.15, 0.2) is 33.6 Å². The molecule has 0 saturated carbocycles. The molecule has 1 aromatic rings. The van der Waals surface area contributed by atoms with Gasteiger partial charge in [-0.05, 0) is 32.4 Å². The van der Waals surface area contributed by atoms with Crippen LogP contribution in [0.25, 0.3) is 0 Å². The Morgan fingerprint density at radius 3 is 2.63 bits per heavy atom. The van der Waals surface area contributed by atoms with E-state index in [4.69, 9.17) is 0 Å². The van der Waals surface area contributed by atoms with E-state index in [9.17, 15) is 8.42 Å². The number of hydrogen-bond donors (Lipinski definition) is 0. The molecule has 1 aliphatic heterocycles. The quantitative estimate of drug-likeness (QED) is 0.789. The lowest BCUT2D eigenvalue weighted by molar-refractivity contribution is 0.352. The van der Waals surface area contributed by atoms with E-state index in [0.29, 0.717) is 16.3 Å². The highest BCUT2D eigenvalue weighted by atomic mass is 79.9. The van der Waals surface area contributed by atoms with Crippen molar-refractivity contribution < 1.29 is 8.42 Å². The summed E-state index contributed by atoms with van der Waals surface area (Å²) in [5, 5.41) is 0.887. The Morgan fingerprint density at radius 2 is 2.00 bits per heavy atom. The summed E-state index contributed by atoms with van der Waals surface area (Å²) < 4.78 is 28.0. The third-order valence-electron chi connectivity index (χ3n) is 3.04. The van der Waals surface area contributed by atoms with Crippen LogP contribution >= 0.6 is 15.9 Å². The average molecular weight is 345 g/mol. The zero-order valence-corrected chi connectivity index (χ0v) is 13.4. The average Bonchev–Trinajstić information content (AvgIpc) is 2.63. The number of rotatable bonds is 4. The molecular weight excluding hydrogens is 328 g/mol. The Kier molecular flexibility index (Phi) is 4.30. The van der Waals surface area contributed by atoms with E-state index in [-0.39, 0.29) is 6.04 Å². The van der Waals surface area contributed by atoms with E-state index in [0.717, 1.165) is 18.3 Å². The lowest BCUT2D eigenvalue weighted by Crippen LogP contribution is -2.37. The summed E-state index contributed by atoms with van der Waals surface area (Å²) in [5.74, 6) is 0.576. The molecule has 0 aromatic heterocycles. The number of fused-ring (bicyclic) bond motifs is 1. The van der Waals surface area contributed by atoms with Crippen LogP contribution in [0.2, 0.25) is 0 Å². The molecule has 4 nitrogen and oxygen atoms in total. The van der Waals surface area contributed by atoms with Gasteiger partial charge in [0.25, 0.3) is 10.0 Å². The third-order valence-corrected chi connectivity index (χ3v) is 4.93. The highest BCUT2D eigenvalue weighted by molar-refractivity contribution is 9.09. The lowest BCUT2D eigenvalue weighted by Gasteiger charge is -2.28. The van der Waals surface area contributed by atoms with Gasteiger partial charge in [0.05, 0.1) is 0 Å². The van der Waals surface area contributed by atoms with Gasteiger partial charge in [0.2, 0.25) is 0 Å². The van der Waals surface area contributed by atoms with Gasteiger partial charge < -0.3 is 4.90 Å². The van der Waals surface area contributed by atoms with Crippen LogP contribution in [-0.4, -0.2) is 37.1 Å². The van der Waals surface area contributed by atoms with Crippen LogP contribution in [0.1, 0.15) is 25.8 Å². The Hall–Kier alpha value is -0.880. The van der Waals surface area contributed by atoms with Gasteiger partial charge in [-0.1, -0.05) is 28.1 Å². The van der Waals surface area contributed by atoms with Gasteiger partial charge in [0.15, 0.2) is 5.84 Å². The fraction of sp³-hybridized carbons (Fsp3) is 0.462. The van der Waals surface area contributed by atoms with Crippen LogP contribution in [0.3, 0.4) is 0 Å². The molecule has 0 atom stereocenters. The molecule has 104 valence electrons. The van der Waals surface area contributed by atoms with Crippen molar-refractivity contribution in [1.82, 2.24) is 4.90 Å². The van der Waals surface area contributed by atoms with Crippen molar-refractivity contribution in [2.75, 3.05) is 11.9 Å². The lowest BCUT2D eigenvalue weighted by atomic mass is 10.1.